The van der Waals surface area contributed by atoms with Gasteiger partial charge in [0.15, 0.2) is 0 Å². The number of ketones is 1. The highest BCUT2D eigenvalue weighted by atomic mass is 19.4. The van der Waals surface area contributed by atoms with E-state index in [-0.39, 0.29) is 5.82 Å². The summed E-state index contributed by atoms with van der Waals surface area (Å²) in [5.41, 5.74) is 0.305. The third kappa shape index (κ3) is 2.81. The molecule has 9 heteroatoms. The van der Waals surface area contributed by atoms with E-state index in [4.69, 9.17) is 4.52 Å². The lowest BCUT2D eigenvalue weighted by Gasteiger charge is -2.08. The topological polar surface area (TPSA) is 81.8 Å². The molecule has 1 unspecified atom stereocenters. The van der Waals surface area contributed by atoms with Crippen molar-refractivity contribution in [2.45, 2.75) is 25.9 Å². The van der Waals surface area contributed by atoms with Crippen LogP contribution < -0.4 is 0 Å². The lowest BCUT2D eigenvalue weighted by atomic mass is 10.1. The van der Waals surface area contributed by atoms with E-state index in [1.807, 2.05) is 0 Å². The van der Waals surface area contributed by atoms with E-state index < -0.39 is 23.8 Å². The van der Waals surface area contributed by atoms with Crippen LogP contribution in [0.2, 0.25) is 0 Å². The van der Waals surface area contributed by atoms with Crippen molar-refractivity contribution in [1.29, 1.82) is 0 Å². The van der Waals surface area contributed by atoms with Crippen LogP contribution in [0, 0.1) is 6.92 Å². The maximum absolute atomic E-state index is 12.3. The van der Waals surface area contributed by atoms with Gasteiger partial charge in [0.1, 0.15) is 17.4 Å². The first kappa shape index (κ1) is 14.1. The number of hydrogen-bond acceptors (Lipinski definition) is 6. The molecule has 0 aliphatic heterocycles. The Hall–Kier alpha value is -2.32. The second-order valence-electron chi connectivity index (χ2n) is 4.03. The summed E-state index contributed by atoms with van der Waals surface area (Å²) in [5, 5.41) is 3.52. The van der Waals surface area contributed by atoms with Crippen molar-refractivity contribution in [3.05, 3.63) is 24.0 Å². The minimum atomic E-state index is -4.94. The van der Waals surface area contributed by atoms with Crippen molar-refractivity contribution in [1.82, 2.24) is 20.1 Å². The van der Waals surface area contributed by atoms with Gasteiger partial charge in [-0.15, -0.1) is 0 Å². The lowest BCUT2D eigenvalue weighted by Crippen LogP contribution is -2.27. The highest BCUT2D eigenvalue weighted by Gasteiger charge is 2.44. The Bertz CT molecular complexity index is 639. The standard InChI is InChI=1S/C11H9F3N4O2/c1-5(8(19)11(12,13)14)10-17-9(18-20-10)7-3-4-15-6(2)16-7/h3-5H,1-2H3. The van der Waals surface area contributed by atoms with Crippen molar-refractivity contribution >= 4 is 5.78 Å². The van der Waals surface area contributed by atoms with Crippen LogP contribution in [0.3, 0.4) is 0 Å². The minimum Gasteiger partial charge on any atom is -0.338 e. The number of halogens is 3. The van der Waals surface area contributed by atoms with Gasteiger partial charge in [-0.2, -0.15) is 18.2 Å². The van der Waals surface area contributed by atoms with Crippen LogP contribution in [0.4, 0.5) is 13.2 Å². The molecule has 0 aliphatic rings. The lowest BCUT2D eigenvalue weighted by molar-refractivity contribution is -0.172. The van der Waals surface area contributed by atoms with Crippen LogP contribution in [0.5, 0.6) is 0 Å². The molecule has 106 valence electrons. The maximum atomic E-state index is 12.3. The average molecular weight is 286 g/mol. The molecule has 0 saturated carbocycles. The largest absolute Gasteiger partial charge is 0.450 e. The van der Waals surface area contributed by atoms with E-state index in [1.165, 1.54) is 12.3 Å². The number of Topliss-reactive ketones (excluding diaryl/α,β-unsaturated/α-hetero) is 1. The van der Waals surface area contributed by atoms with Gasteiger partial charge in [0.2, 0.25) is 17.5 Å². The van der Waals surface area contributed by atoms with Gasteiger partial charge in [0.05, 0.1) is 0 Å². The molecule has 0 amide bonds. The highest BCUT2D eigenvalue weighted by molar-refractivity contribution is 5.89. The molecule has 2 aromatic heterocycles. The van der Waals surface area contributed by atoms with Gasteiger partial charge in [0.25, 0.3) is 0 Å². The molecule has 0 fully saturated rings. The molecule has 0 aromatic carbocycles. The molecule has 1 atom stereocenters. The first-order valence-corrected chi connectivity index (χ1v) is 5.53. The Labute approximate surface area is 111 Å². The molecule has 2 aromatic rings. The first-order chi connectivity index (χ1) is 9.29. The number of aryl methyl sites for hydroxylation is 1. The third-order valence-electron chi connectivity index (χ3n) is 2.49. The molecule has 2 rings (SSSR count). The second kappa shape index (κ2) is 4.99. The molecule has 20 heavy (non-hydrogen) atoms. The third-order valence-corrected chi connectivity index (χ3v) is 2.49. The van der Waals surface area contributed by atoms with Crippen LogP contribution in [0.15, 0.2) is 16.8 Å². The van der Waals surface area contributed by atoms with E-state index in [2.05, 4.69) is 20.1 Å². The Kier molecular flexibility index (Phi) is 3.51. The Morgan fingerprint density at radius 1 is 1.35 bits per heavy atom. The average Bonchev–Trinajstić information content (AvgIpc) is 2.85. The molecule has 0 spiro atoms. The molecule has 0 N–H and O–H groups in total. The fourth-order valence-electron chi connectivity index (χ4n) is 1.45. The first-order valence-electron chi connectivity index (χ1n) is 5.53. The van der Waals surface area contributed by atoms with Gasteiger partial charge < -0.3 is 4.52 Å². The summed E-state index contributed by atoms with van der Waals surface area (Å²) in [4.78, 5) is 22.7. The molecule has 2 heterocycles. The Balaban J connectivity index is 2.28. The van der Waals surface area contributed by atoms with Crippen molar-refractivity contribution < 1.29 is 22.5 Å². The zero-order valence-corrected chi connectivity index (χ0v) is 10.5. The van der Waals surface area contributed by atoms with E-state index in [1.54, 1.807) is 6.92 Å². The normalized spacial score (nSPS) is 13.2. The highest BCUT2D eigenvalue weighted by Crippen LogP contribution is 2.27. The minimum absolute atomic E-state index is 0.00678. The van der Waals surface area contributed by atoms with Gasteiger partial charge in [-0.3, -0.25) is 4.79 Å². The monoisotopic (exact) mass is 286 g/mol. The second-order valence-corrected chi connectivity index (χ2v) is 4.03. The number of aromatic nitrogens is 4. The molecule has 6 nitrogen and oxygen atoms in total. The van der Waals surface area contributed by atoms with E-state index in [9.17, 15) is 18.0 Å². The summed E-state index contributed by atoms with van der Waals surface area (Å²) in [5.74, 6) is -3.44. The van der Waals surface area contributed by atoms with Crippen molar-refractivity contribution in [3.8, 4) is 11.5 Å². The number of nitrogens with zero attached hydrogens (tertiary/aromatic N) is 4. The fourth-order valence-corrected chi connectivity index (χ4v) is 1.45. The van der Waals surface area contributed by atoms with Crippen LogP contribution in [-0.4, -0.2) is 32.1 Å². The number of rotatable bonds is 3. The van der Waals surface area contributed by atoms with Gasteiger partial charge >= 0.3 is 6.18 Å². The SMILES string of the molecule is Cc1nccc(-c2noc(C(C)C(=O)C(F)(F)F)n2)n1. The number of hydrogen-bond donors (Lipinski definition) is 0. The predicted octanol–water partition coefficient (Wildman–Crippen LogP) is 2.07. The van der Waals surface area contributed by atoms with Crippen molar-refractivity contribution in [2.75, 3.05) is 0 Å². The molecule has 0 bridgehead atoms. The summed E-state index contributed by atoms with van der Waals surface area (Å²) in [7, 11) is 0. The maximum Gasteiger partial charge on any atom is 0.450 e. The van der Waals surface area contributed by atoms with Gasteiger partial charge in [-0.1, -0.05) is 5.16 Å². The predicted molar refractivity (Wildman–Crippen MR) is 59.5 cm³/mol. The Morgan fingerprint density at radius 3 is 2.65 bits per heavy atom. The summed E-state index contributed by atoms with van der Waals surface area (Å²) >= 11 is 0. The van der Waals surface area contributed by atoms with Crippen molar-refractivity contribution in [2.24, 2.45) is 0 Å². The van der Waals surface area contributed by atoms with Gasteiger partial charge in [0, 0.05) is 6.20 Å². The zero-order valence-electron chi connectivity index (χ0n) is 10.5. The smallest absolute Gasteiger partial charge is 0.338 e. The molecular weight excluding hydrogens is 277 g/mol. The van der Waals surface area contributed by atoms with E-state index in [0.29, 0.717) is 11.5 Å². The molecule has 0 radical (unpaired) electrons. The number of carbonyl (C=O) groups excluding carboxylic acids is 1. The number of alkyl halides is 3. The summed E-state index contributed by atoms with van der Waals surface area (Å²) in [6.45, 7) is 2.69. The van der Waals surface area contributed by atoms with Crippen LogP contribution in [0.25, 0.3) is 11.5 Å². The molecular formula is C11H9F3N4O2. The summed E-state index contributed by atoms with van der Waals surface area (Å²) < 4.78 is 41.6. The molecule has 0 saturated heterocycles. The van der Waals surface area contributed by atoms with Crippen LogP contribution in [-0.2, 0) is 4.79 Å². The van der Waals surface area contributed by atoms with Crippen LogP contribution in [0.1, 0.15) is 24.6 Å². The van der Waals surface area contributed by atoms with Crippen LogP contribution >= 0.6 is 0 Å². The van der Waals surface area contributed by atoms with Crippen molar-refractivity contribution in [3.63, 3.8) is 0 Å². The Morgan fingerprint density at radius 2 is 2.05 bits per heavy atom. The van der Waals surface area contributed by atoms with Gasteiger partial charge in [-0.25, -0.2) is 9.97 Å². The fraction of sp³-hybridized carbons (Fsp3) is 0.364. The van der Waals surface area contributed by atoms with E-state index in [0.717, 1.165) is 6.92 Å². The van der Waals surface area contributed by atoms with E-state index >= 15 is 0 Å². The summed E-state index contributed by atoms with van der Waals surface area (Å²) in [6.07, 6.45) is -3.49. The number of carbonyl (C=O) groups is 1. The van der Waals surface area contributed by atoms with Gasteiger partial charge in [-0.05, 0) is 19.9 Å². The zero-order chi connectivity index (χ0) is 14.9. The molecule has 0 aliphatic carbocycles. The quantitative estimate of drug-likeness (QED) is 0.859. The summed E-state index contributed by atoms with van der Waals surface area (Å²) in [6, 6.07) is 1.48.